The number of amides is 2. The van der Waals surface area contributed by atoms with Crippen LogP contribution in [0.15, 0.2) is 0 Å². The van der Waals surface area contributed by atoms with Crippen molar-refractivity contribution in [1.29, 1.82) is 0 Å². The smallest absolute Gasteiger partial charge is 0.243 e. The van der Waals surface area contributed by atoms with Gasteiger partial charge in [-0.2, -0.15) is 0 Å². The fraction of sp³-hybridized carbons (Fsp3) is 0.882. The van der Waals surface area contributed by atoms with Crippen molar-refractivity contribution in [3.63, 3.8) is 0 Å². The highest BCUT2D eigenvalue weighted by Crippen LogP contribution is 2.33. The molecule has 22 heavy (non-hydrogen) atoms. The maximum Gasteiger partial charge on any atom is 0.243 e. The third kappa shape index (κ3) is 3.14. The molecule has 2 amide bonds. The number of carbonyl (C=O) groups is 2. The van der Waals surface area contributed by atoms with Crippen LogP contribution in [0.5, 0.6) is 0 Å². The molecule has 124 valence electrons. The third-order valence-corrected chi connectivity index (χ3v) is 5.32. The number of rotatable bonds is 4. The molecule has 1 aliphatic carbocycles. The molecule has 1 saturated carbocycles. The summed E-state index contributed by atoms with van der Waals surface area (Å²) in [6.07, 6.45) is 5.40. The Morgan fingerprint density at radius 2 is 1.91 bits per heavy atom. The lowest BCUT2D eigenvalue weighted by Gasteiger charge is -2.27. The fourth-order valence-corrected chi connectivity index (χ4v) is 4.01. The number of likely N-dealkylation sites (tertiary alicyclic amines) is 2. The average Bonchev–Trinajstić information content (AvgIpc) is 3.06. The van der Waals surface area contributed by atoms with E-state index in [2.05, 4.69) is 17.1 Å². The highest BCUT2D eigenvalue weighted by Gasteiger charge is 2.41. The van der Waals surface area contributed by atoms with Gasteiger partial charge >= 0.3 is 0 Å². The Hall–Kier alpha value is -1.10. The Balaban J connectivity index is 1.56. The first-order valence-electron chi connectivity index (χ1n) is 8.84. The number of carbonyl (C=O) groups excluding carboxylic acids is 2. The van der Waals surface area contributed by atoms with Crippen molar-refractivity contribution in [2.45, 2.75) is 77.0 Å². The second-order valence-electron chi connectivity index (χ2n) is 7.56. The lowest BCUT2D eigenvalue weighted by Crippen LogP contribution is -2.50. The van der Waals surface area contributed by atoms with E-state index in [1.807, 2.05) is 13.8 Å². The normalized spacial score (nSPS) is 32.7. The fourth-order valence-electron chi connectivity index (χ4n) is 4.01. The van der Waals surface area contributed by atoms with Crippen LogP contribution in [0.3, 0.4) is 0 Å². The second kappa shape index (κ2) is 6.19. The van der Waals surface area contributed by atoms with Gasteiger partial charge in [0.2, 0.25) is 11.8 Å². The Morgan fingerprint density at radius 3 is 2.55 bits per heavy atom. The van der Waals surface area contributed by atoms with Crippen LogP contribution in [0.1, 0.15) is 52.9 Å². The summed E-state index contributed by atoms with van der Waals surface area (Å²) < 4.78 is 0. The minimum Gasteiger partial charge on any atom is -0.350 e. The molecule has 2 heterocycles. The van der Waals surface area contributed by atoms with Crippen LogP contribution < -0.4 is 5.32 Å². The third-order valence-electron chi connectivity index (χ3n) is 5.32. The largest absolute Gasteiger partial charge is 0.350 e. The van der Waals surface area contributed by atoms with E-state index in [0.29, 0.717) is 6.04 Å². The molecule has 0 radical (unpaired) electrons. The van der Waals surface area contributed by atoms with Crippen molar-refractivity contribution in [3.05, 3.63) is 0 Å². The summed E-state index contributed by atoms with van der Waals surface area (Å²) in [6, 6.07) is 1.32. The highest BCUT2D eigenvalue weighted by molar-refractivity contribution is 5.89. The van der Waals surface area contributed by atoms with Crippen molar-refractivity contribution in [3.8, 4) is 0 Å². The Kier molecular flexibility index (Phi) is 4.44. The van der Waals surface area contributed by atoms with Crippen LogP contribution in [-0.4, -0.2) is 58.9 Å². The van der Waals surface area contributed by atoms with Gasteiger partial charge in [-0.3, -0.25) is 14.5 Å². The Morgan fingerprint density at radius 1 is 1.18 bits per heavy atom. The Bertz CT molecular complexity index is 447. The van der Waals surface area contributed by atoms with Gasteiger partial charge in [0.25, 0.3) is 0 Å². The van der Waals surface area contributed by atoms with Gasteiger partial charge < -0.3 is 10.2 Å². The van der Waals surface area contributed by atoms with Gasteiger partial charge in [-0.25, -0.2) is 0 Å². The van der Waals surface area contributed by atoms with Crippen molar-refractivity contribution < 1.29 is 9.59 Å². The molecule has 3 fully saturated rings. The zero-order valence-corrected chi connectivity index (χ0v) is 14.0. The minimum atomic E-state index is -0.250. The average molecular weight is 307 g/mol. The Labute approximate surface area is 133 Å². The molecule has 5 nitrogen and oxygen atoms in total. The standard InChI is InChI=1S/C17H29N3O2/c1-11(2)17(22)19-8-4-5-15(19)16(21)18-13-9-12(3)20(10-13)14-6-7-14/h11-15H,4-10H2,1-3H3,(H,18,21)/t12-,13+,15+/m0/s1. The van der Waals surface area contributed by atoms with Crippen molar-refractivity contribution in [2.24, 2.45) is 5.92 Å². The van der Waals surface area contributed by atoms with Gasteiger partial charge in [0.05, 0.1) is 0 Å². The lowest BCUT2D eigenvalue weighted by molar-refractivity contribution is -0.141. The molecule has 3 rings (SSSR count). The van der Waals surface area contributed by atoms with Crippen LogP contribution in [0.2, 0.25) is 0 Å². The van der Waals surface area contributed by atoms with E-state index < -0.39 is 0 Å². The molecule has 3 aliphatic rings. The summed E-state index contributed by atoms with van der Waals surface area (Å²) in [5.41, 5.74) is 0. The highest BCUT2D eigenvalue weighted by atomic mass is 16.2. The summed E-state index contributed by atoms with van der Waals surface area (Å²) >= 11 is 0. The predicted octanol–water partition coefficient (Wildman–Crippen LogP) is 1.37. The zero-order chi connectivity index (χ0) is 15.9. The molecule has 0 aromatic heterocycles. The minimum absolute atomic E-state index is 0.0368. The van der Waals surface area contributed by atoms with Crippen LogP contribution >= 0.6 is 0 Å². The zero-order valence-electron chi connectivity index (χ0n) is 14.0. The number of nitrogens with one attached hydrogen (secondary N) is 1. The van der Waals surface area contributed by atoms with Gasteiger partial charge in [0.15, 0.2) is 0 Å². The van der Waals surface area contributed by atoms with E-state index in [1.54, 1.807) is 4.90 Å². The van der Waals surface area contributed by atoms with Gasteiger partial charge in [-0.05, 0) is 39.0 Å². The van der Waals surface area contributed by atoms with Gasteiger partial charge in [0.1, 0.15) is 6.04 Å². The topological polar surface area (TPSA) is 52.7 Å². The SMILES string of the molecule is CC(C)C(=O)N1CCC[C@@H]1C(=O)N[C@@H]1C[C@H](C)N(C2CC2)C1. The maximum atomic E-state index is 12.6. The summed E-state index contributed by atoms with van der Waals surface area (Å²) in [7, 11) is 0. The molecular formula is C17H29N3O2. The monoisotopic (exact) mass is 307 g/mol. The van der Waals surface area contributed by atoms with Crippen LogP contribution in [0.25, 0.3) is 0 Å². The summed E-state index contributed by atoms with van der Waals surface area (Å²) in [6.45, 7) is 7.77. The first kappa shape index (κ1) is 15.8. The van der Waals surface area contributed by atoms with E-state index >= 15 is 0 Å². The van der Waals surface area contributed by atoms with Crippen LogP contribution in [0, 0.1) is 5.92 Å². The van der Waals surface area contributed by atoms with E-state index in [1.165, 1.54) is 12.8 Å². The summed E-state index contributed by atoms with van der Waals surface area (Å²) in [5, 5.41) is 3.21. The van der Waals surface area contributed by atoms with E-state index in [9.17, 15) is 9.59 Å². The van der Waals surface area contributed by atoms with E-state index in [0.717, 1.165) is 38.4 Å². The summed E-state index contributed by atoms with van der Waals surface area (Å²) in [5.74, 6) is 0.128. The molecule has 0 unspecified atom stereocenters. The van der Waals surface area contributed by atoms with Crippen molar-refractivity contribution in [1.82, 2.24) is 15.1 Å². The van der Waals surface area contributed by atoms with Crippen molar-refractivity contribution in [2.75, 3.05) is 13.1 Å². The number of hydrogen-bond acceptors (Lipinski definition) is 3. The molecule has 1 N–H and O–H groups in total. The predicted molar refractivity (Wildman–Crippen MR) is 85.3 cm³/mol. The lowest BCUT2D eigenvalue weighted by atomic mass is 10.1. The summed E-state index contributed by atoms with van der Waals surface area (Å²) in [4.78, 5) is 29.2. The number of nitrogens with zero attached hydrogens (tertiary/aromatic N) is 2. The molecule has 0 aromatic rings. The molecule has 2 saturated heterocycles. The van der Waals surface area contributed by atoms with E-state index in [-0.39, 0.29) is 29.8 Å². The molecule has 5 heteroatoms. The van der Waals surface area contributed by atoms with Gasteiger partial charge in [-0.1, -0.05) is 13.8 Å². The van der Waals surface area contributed by atoms with Gasteiger partial charge in [0, 0.05) is 37.1 Å². The molecule has 0 aromatic carbocycles. The molecule has 0 spiro atoms. The molecular weight excluding hydrogens is 278 g/mol. The van der Waals surface area contributed by atoms with Gasteiger partial charge in [-0.15, -0.1) is 0 Å². The first-order valence-corrected chi connectivity index (χ1v) is 8.84. The van der Waals surface area contributed by atoms with Crippen LogP contribution in [-0.2, 0) is 9.59 Å². The first-order chi connectivity index (χ1) is 10.5. The van der Waals surface area contributed by atoms with Crippen LogP contribution in [0.4, 0.5) is 0 Å². The second-order valence-corrected chi connectivity index (χ2v) is 7.56. The van der Waals surface area contributed by atoms with Crippen molar-refractivity contribution >= 4 is 11.8 Å². The molecule has 0 bridgehead atoms. The maximum absolute atomic E-state index is 12.6. The number of hydrogen-bond donors (Lipinski definition) is 1. The van der Waals surface area contributed by atoms with E-state index in [4.69, 9.17) is 0 Å². The molecule has 2 aliphatic heterocycles. The quantitative estimate of drug-likeness (QED) is 0.853. The molecule has 3 atom stereocenters.